The molecule has 1 unspecified atom stereocenters. The average Bonchev–Trinajstić information content (AvgIpc) is 3.32. The van der Waals surface area contributed by atoms with Gasteiger partial charge < -0.3 is 11.1 Å². The van der Waals surface area contributed by atoms with Crippen molar-refractivity contribution in [3.63, 3.8) is 0 Å². The van der Waals surface area contributed by atoms with Crippen molar-refractivity contribution < 1.29 is 27.2 Å². The van der Waals surface area contributed by atoms with Crippen LogP contribution in [0, 0.1) is 12.7 Å². The minimum atomic E-state index is -4.80. The van der Waals surface area contributed by atoms with Gasteiger partial charge in [0.1, 0.15) is 27.3 Å². The number of hydrogen-bond acceptors (Lipinski definition) is 5. The van der Waals surface area contributed by atoms with E-state index in [4.69, 9.17) is 17.3 Å². The highest BCUT2D eigenvalue weighted by Crippen LogP contribution is 2.43. The van der Waals surface area contributed by atoms with Crippen molar-refractivity contribution in [2.45, 2.75) is 26.1 Å². The molecule has 13 heteroatoms. The molecule has 0 fully saturated rings. The molecule has 0 radical (unpaired) electrons. The molecule has 0 aliphatic carbocycles. The molecule has 0 spiro atoms. The predicted molar refractivity (Wildman–Crippen MR) is 124 cm³/mol. The summed E-state index contributed by atoms with van der Waals surface area (Å²) in [4.78, 5) is 28.6. The van der Waals surface area contributed by atoms with Crippen molar-refractivity contribution in [2.75, 3.05) is 5.32 Å². The zero-order valence-corrected chi connectivity index (χ0v) is 19.6. The van der Waals surface area contributed by atoms with Gasteiger partial charge >= 0.3 is 6.18 Å². The lowest BCUT2D eigenvalue weighted by Gasteiger charge is -2.16. The highest BCUT2D eigenvalue weighted by atomic mass is 35.5. The summed E-state index contributed by atoms with van der Waals surface area (Å²) < 4.78 is 55.6. The molecule has 1 aromatic carbocycles. The third-order valence-electron chi connectivity index (χ3n) is 5.31. The summed E-state index contributed by atoms with van der Waals surface area (Å²) in [5.41, 5.74) is 4.91. The Morgan fingerprint density at radius 1 is 1.23 bits per heavy atom. The van der Waals surface area contributed by atoms with Crippen molar-refractivity contribution in [1.82, 2.24) is 14.8 Å². The molecule has 0 saturated heterocycles. The van der Waals surface area contributed by atoms with E-state index >= 15 is 0 Å². The lowest BCUT2D eigenvalue weighted by atomic mass is 10.0. The SMILES string of the molecule is Cc1c(Cl)cnn1C(C)C(=O)Nc1c(C(N)=O)sc2nc(C(F)(F)F)cc(-c3ccc(F)cc3)c12. The van der Waals surface area contributed by atoms with Gasteiger partial charge in [0.05, 0.1) is 22.6 Å². The maximum Gasteiger partial charge on any atom is 0.433 e. The van der Waals surface area contributed by atoms with Gasteiger partial charge in [0, 0.05) is 5.39 Å². The number of rotatable bonds is 5. The second kappa shape index (κ2) is 8.93. The van der Waals surface area contributed by atoms with Crippen LogP contribution in [0.4, 0.5) is 23.2 Å². The summed E-state index contributed by atoms with van der Waals surface area (Å²) >= 11 is 6.63. The van der Waals surface area contributed by atoms with Gasteiger partial charge in [0.25, 0.3) is 5.91 Å². The zero-order valence-electron chi connectivity index (χ0n) is 18.1. The first-order chi connectivity index (χ1) is 16.4. The number of hydrogen-bond donors (Lipinski definition) is 2. The lowest BCUT2D eigenvalue weighted by Crippen LogP contribution is -2.26. The van der Waals surface area contributed by atoms with E-state index in [1.165, 1.54) is 29.9 Å². The number of nitrogens with one attached hydrogen (secondary N) is 1. The van der Waals surface area contributed by atoms with Crippen LogP contribution in [0.3, 0.4) is 0 Å². The van der Waals surface area contributed by atoms with Gasteiger partial charge in [0.15, 0.2) is 0 Å². The van der Waals surface area contributed by atoms with Crippen LogP contribution in [0.15, 0.2) is 36.5 Å². The largest absolute Gasteiger partial charge is 0.433 e. The van der Waals surface area contributed by atoms with Crippen LogP contribution in [0.1, 0.15) is 34.0 Å². The Hall–Kier alpha value is -3.51. The summed E-state index contributed by atoms with van der Waals surface area (Å²) in [5, 5.41) is 7.07. The van der Waals surface area contributed by atoms with Crippen LogP contribution in [-0.2, 0) is 11.0 Å². The van der Waals surface area contributed by atoms with E-state index in [-0.39, 0.29) is 31.9 Å². The second-order valence-corrected chi connectivity index (χ2v) is 9.00. The van der Waals surface area contributed by atoms with Crippen LogP contribution in [0.2, 0.25) is 5.02 Å². The van der Waals surface area contributed by atoms with Crippen molar-refractivity contribution in [3.05, 3.63) is 63.6 Å². The quantitative estimate of drug-likeness (QED) is 0.332. The smallest absolute Gasteiger partial charge is 0.365 e. The number of amides is 2. The first kappa shape index (κ1) is 24.6. The van der Waals surface area contributed by atoms with Gasteiger partial charge in [-0.2, -0.15) is 18.3 Å². The number of nitrogens with zero attached hydrogens (tertiary/aromatic N) is 3. The Morgan fingerprint density at radius 3 is 2.43 bits per heavy atom. The molecule has 3 N–H and O–H groups in total. The fourth-order valence-electron chi connectivity index (χ4n) is 3.52. The van der Waals surface area contributed by atoms with E-state index in [2.05, 4.69) is 15.4 Å². The zero-order chi connectivity index (χ0) is 25.7. The average molecular weight is 526 g/mol. The Labute approximate surface area is 204 Å². The molecular formula is C22H16ClF4N5O2S. The van der Waals surface area contributed by atoms with Crippen molar-refractivity contribution in [2.24, 2.45) is 5.73 Å². The molecule has 3 heterocycles. The van der Waals surface area contributed by atoms with Crippen LogP contribution in [-0.4, -0.2) is 26.6 Å². The van der Waals surface area contributed by atoms with Gasteiger partial charge in [-0.1, -0.05) is 23.7 Å². The first-order valence-electron chi connectivity index (χ1n) is 9.99. The number of thiophene rings is 1. The summed E-state index contributed by atoms with van der Waals surface area (Å²) in [6, 6.07) is 4.63. The number of carbonyl (C=O) groups excluding carboxylic acids is 2. The number of anilines is 1. The molecule has 0 aliphatic heterocycles. The Balaban J connectivity index is 1.92. The standard InChI is InChI=1S/C22H16ClF4N5O2S/c1-9-14(23)8-29-32(9)10(2)20(34)31-17-16-13(11-3-5-12(24)6-4-11)7-15(22(25,26)27)30-21(16)35-18(17)19(28)33/h3-8,10H,1-2H3,(H2,28,33)(H,31,34). The number of aromatic nitrogens is 3. The van der Waals surface area contributed by atoms with Gasteiger partial charge in [-0.05, 0) is 43.2 Å². The lowest BCUT2D eigenvalue weighted by molar-refractivity contribution is -0.140. The molecule has 7 nitrogen and oxygen atoms in total. The van der Waals surface area contributed by atoms with E-state index in [1.807, 2.05) is 0 Å². The molecule has 182 valence electrons. The molecule has 3 aromatic heterocycles. The molecule has 35 heavy (non-hydrogen) atoms. The van der Waals surface area contributed by atoms with Gasteiger partial charge in [-0.3, -0.25) is 14.3 Å². The Bertz CT molecular complexity index is 1460. The Kier molecular flexibility index (Phi) is 6.28. The van der Waals surface area contributed by atoms with Crippen molar-refractivity contribution in [3.8, 4) is 11.1 Å². The third-order valence-corrected chi connectivity index (χ3v) is 6.78. The third kappa shape index (κ3) is 4.58. The number of primary amides is 1. The monoisotopic (exact) mass is 525 g/mol. The number of pyridine rings is 1. The Morgan fingerprint density at radius 2 is 1.89 bits per heavy atom. The number of halogens is 5. The topological polar surface area (TPSA) is 103 Å². The van der Waals surface area contributed by atoms with E-state index in [9.17, 15) is 27.2 Å². The molecule has 1 atom stereocenters. The van der Waals surface area contributed by atoms with Gasteiger partial charge in [0.2, 0.25) is 5.91 Å². The maximum atomic E-state index is 13.6. The number of fused-ring (bicyclic) bond motifs is 1. The molecule has 4 rings (SSSR count). The summed E-state index contributed by atoms with van der Waals surface area (Å²) in [6.45, 7) is 3.19. The summed E-state index contributed by atoms with van der Waals surface area (Å²) in [7, 11) is 0. The van der Waals surface area contributed by atoms with Crippen molar-refractivity contribution in [1.29, 1.82) is 0 Å². The summed E-state index contributed by atoms with van der Waals surface area (Å²) in [6.07, 6.45) is -3.43. The van der Waals surface area contributed by atoms with Crippen LogP contribution in [0.5, 0.6) is 0 Å². The van der Waals surface area contributed by atoms with Gasteiger partial charge in [-0.15, -0.1) is 11.3 Å². The van der Waals surface area contributed by atoms with Crippen LogP contribution in [0.25, 0.3) is 21.3 Å². The molecule has 0 aliphatic rings. The number of benzene rings is 1. The van der Waals surface area contributed by atoms with E-state index in [0.717, 1.165) is 18.2 Å². The normalized spacial score (nSPS) is 12.7. The number of alkyl halides is 3. The summed E-state index contributed by atoms with van der Waals surface area (Å²) in [5.74, 6) is -2.18. The molecule has 0 bridgehead atoms. The highest BCUT2D eigenvalue weighted by molar-refractivity contribution is 7.21. The molecule has 0 saturated carbocycles. The fraction of sp³-hybridized carbons (Fsp3) is 0.182. The van der Waals surface area contributed by atoms with Crippen LogP contribution >= 0.6 is 22.9 Å². The number of nitrogens with two attached hydrogens (primary N) is 1. The fourth-order valence-corrected chi connectivity index (χ4v) is 4.66. The van der Waals surface area contributed by atoms with Crippen LogP contribution < -0.4 is 11.1 Å². The molecular weight excluding hydrogens is 510 g/mol. The number of carbonyl (C=O) groups is 2. The maximum absolute atomic E-state index is 13.6. The van der Waals surface area contributed by atoms with Gasteiger partial charge in [-0.25, -0.2) is 9.37 Å². The van der Waals surface area contributed by atoms with E-state index in [0.29, 0.717) is 22.1 Å². The second-order valence-electron chi connectivity index (χ2n) is 7.60. The molecule has 2 amide bonds. The first-order valence-corrected chi connectivity index (χ1v) is 11.2. The highest BCUT2D eigenvalue weighted by Gasteiger charge is 2.35. The minimum Gasteiger partial charge on any atom is -0.365 e. The predicted octanol–water partition coefficient (Wildman–Crippen LogP) is 5.58. The van der Waals surface area contributed by atoms with E-state index < -0.39 is 35.5 Å². The minimum absolute atomic E-state index is 0.00709. The van der Waals surface area contributed by atoms with Crippen molar-refractivity contribution >= 4 is 50.7 Å². The molecule has 4 aromatic rings. The van der Waals surface area contributed by atoms with E-state index in [1.54, 1.807) is 6.92 Å².